The fourth-order valence-electron chi connectivity index (χ4n) is 3.25. The molecule has 6 heteroatoms. The van der Waals surface area contributed by atoms with Crippen molar-refractivity contribution in [2.75, 3.05) is 44.7 Å². The second-order valence-electron chi connectivity index (χ2n) is 7.27. The van der Waals surface area contributed by atoms with Gasteiger partial charge in [0.25, 0.3) is 0 Å². The van der Waals surface area contributed by atoms with Crippen LogP contribution in [0.5, 0.6) is 0 Å². The molecule has 0 radical (unpaired) electrons. The molecule has 1 N–H and O–H groups in total. The molecule has 0 spiro atoms. The average molecular weight is 425 g/mol. The van der Waals surface area contributed by atoms with Gasteiger partial charge in [-0.2, -0.15) is 0 Å². The number of piperazine rings is 1. The summed E-state index contributed by atoms with van der Waals surface area (Å²) in [6.45, 7) is 3.15. The first-order valence-corrected chi connectivity index (χ1v) is 10.2. The maximum absolute atomic E-state index is 12.9. The molecule has 1 fully saturated rings. The van der Waals surface area contributed by atoms with Crippen molar-refractivity contribution >= 4 is 41.0 Å². The number of rotatable bonds is 7. The number of hydrogen-bond donors (Lipinski definition) is 1. The smallest absolute Gasteiger partial charge is 0.187 e. The van der Waals surface area contributed by atoms with Crippen molar-refractivity contribution in [1.82, 2.24) is 4.90 Å². The van der Waals surface area contributed by atoms with Crippen molar-refractivity contribution in [3.8, 4) is 0 Å². The van der Waals surface area contributed by atoms with Crippen LogP contribution in [0.25, 0.3) is 12.2 Å². The molecular formula is C24H25ClN2O3. The van der Waals surface area contributed by atoms with E-state index in [0.29, 0.717) is 10.6 Å². The molecule has 1 heterocycles. The summed E-state index contributed by atoms with van der Waals surface area (Å²) in [5, 5.41) is 9.29. The molecule has 0 unspecified atom stereocenters. The standard InChI is InChI=1S/C24H25ClN2O3/c1-26-12-14-27(15-13-26)23-10-8-20(25)16-22(23)24(30)11-7-19-4-2-18(3-5-19)6-9-21(29)17-28/h2-11,16,28H,12-15,17H2,1H3/b9-6+,11-7+. The van der Waals surface area contributed by atoms with Gasteiger partial charge in [-0.15, -0.1) is 0 Å². The van der Waals surface area contributed by atoms with Gasteiger partial charge < -0.3 is 14.9 Å². The van der Waals surface area contributed by atoms with Crippen molar-refractivity contribution in [2.45, 2.75) is 0 Å². The highest BCUT2D eigenvalue weighted by Gasteiger charge is 2.19. The number of aliphatic hydroxyl groups is 1. The van der Waals surface area contributed by atoms with Crippen LogP contribution in [0.2, 0.25) is 5.02 Å². The van der Waals surface area contributed by atoms with E-state index in [1.165, 1.54) is 6.08 Å². The first-order chi connectivity index (χ1) is 14.5. The molecule has 156 valence electrons. The van der Waals surface area contributed by atoms with Crippen LogP contribution >= 0.6 is 11.6 Å². The molecule has 0 amide bonds. The van der Waals surface area contributed by atoms with Crippen LogP contribution in [0.3, 0.4) is 0 Å². The molecule has 0 atom stereocenters. The third kappa shape index (κ3) is 5.89. The number of halogens is 1. The highest BCUT2D eigenvalue weighted by molar-refractivity contribution is 6.31. The molecular weight excluding hydrogens is 400 g/mol. The molecule has 0 saturated carbocycles. The topological polar surface area (TPSA) is 60.9 Å². The zero-order chi connectivity index (χ0) is 21.5. The van der Waals surface area contributed by atoms with Crippen molar-refractivity contribution in [2.24, 2.45) is 0 Å². The molecule has 0 aliphatic carbocycles. The van der Waals surface area contributed by atoms with Crippen LogP contribution < -0.4 is 4.90 Å². The van der Waals surface area contributed by atoms with Crippen molar-refractivity contribution in [3.63, 3.8) is 0 Å². The first-order valence-electron chi connectivity index (χ1n) is 9.83. The summed E-state index contributed by atoms with van der Waals surface area (Å²) in [7, 11) is 2.10. The Balaban J connectivity index is 1.74. The molecule has 0 bridgehead atoms. The van der Waals surface area contributed by atoms with Crippen molar-refractivity contribution in [1.29, 1.82) is 0 Å². The summed E-state index contributed by atoms with van der Waals surface area (Å²) in [6.07, 6.45) is 6.31. The SMILES string of the molecule is CN1CCN(c2ccc(Cl)cc2C(=O)/C=C/c2ccc(/C=C/C(=O)CO)cc2)CC1. The third-order valence-corrected chi connectivity index (χ3v) is 5.28. The van der Waals surface area contributed by atoms with Crippen LogP contribution in [0, 0.1) is 0 Å². The van der Waals surface area contributed by atoms with Gasteiger partial charge in [-0.05, 0) is 48.5 Å². The molecule has 2 aromatic carbocycles. The van der Waals surface area contributed by atoms with Crippen molar-refractivity contribution in [3.05, 3.63) is 76.3 Å². The lowest BCUT2D eigenvalue weighted by atomic mass is 10.0. The van der Waals surface area contributed by atoms with Gasteiger partial charge in [0.1, 0.15) is 6.61 Å². The number of ketones is 2. The van der Waals surface area contributed by atoms with Gasteiger partial charge in [-0.1, -0.05) is 48.0 Å². The van der Waals surface area contributed by atoms with E-state index in [1.807, 2.05) is 36.4 Å². The van der Waals surface area contributed by atoms with Crippen LogP contribution in [-0.4, -0.2) is 61.4 Å². The molecule has 30 heavy (non-hydrogen) atoms. The molecule has 0 aromatic heterocycles. The zero-order valence-corrected chi connectivity index (χ0v) is 17.7. The molecule has 5 nitrogen and oxygen atoms in total. The van der Waals surface area contributed by atoms with Gasteiger partial charge >= 0.3 is 0 Å². The molecule has 1 aliphatic heterocycles. The highest BCUT2D eigenvalue weighted by Crippen LogP contribution is 2.26. The van der Waals surface area contributed by atoms with E-state index < -0.39 is 6.61 Å². The predicted molar refractivity (Wildman–Crippen MR) is 122 cm³/mol. The number of carbonyl (C=O) groups excluding carboxylic acids is 2. The Labute approximate surface area is 181 Å². The number of likely N-dealkylation sites (N-methyl/N-ethyl adjacent to an activating group) is 1. The normalized spacial score (nSPS) is 15.2. The summed E-state index contributed by atoms with van der Waals surface area (Å²) in [4.78, 5) is 28.6. The number of benzene rings is 2. The van der Waals surface area contributed by atoms with E-state index in [0.717, 1.165) is 43.0 Å². The number of nitrogens with zero attached hydrogens (tertiary/aromatic N) is 2. The minimum atomic E-state index is -0.501. The lowest BCUT2D eigenvalue weighted by Gasteiger charge is -2.35. The minimum Gasteiger partial charge on any atom is -0.388 e. The van der Waals surface area contributed by atoms with E-state index in [1.54, 1.807) is 24.3 Å². The number of hydrogen-bond acceptors (Lipinski definition) is 5. The van der Waals surface area contributed by atoms with E-state index in [4.69, 9.17) is 16.7 Å². The molecule has 2 aromatic rings. The van der Waals surface area contributed by atoms with Crippen molar-refractivity contribution < 1.29 is 14.7 Å². The van der Waals surface area contributed by atoms with Crippen LogP contribution in [0.15, 0.2) is 54.6 Å². The van der Waals surface area contributed by atoms with Gasteiger partial charge in [0.05, 0.1) is 0 Å². The van der Waals surface area contributed by atoms with Gasteiger partial charge in [-0.3, -0.25) is 9.59 Å². The Kier molecular flexibility index (Phi) is 7.57. The number of aliphatic hydroxyl groups excluding tert-OH is 1. The van der Waals surface area contributed by atoms with Gasteiger partial charge in [0.15, 0.2) is 11.6 Å². The fraction of sp³-hybridized carbons (Fsp3) is 0.250. The first kappa shape index (κ1) is 22.0. The lowest BCUT2D eigenvalue weighted by Crippen LogP contribution is -2.44. The average Bonchev–Trinajstić information content (AvgIpc) is 2.77. The summed E-state index contributed by atoms with van der Waals surface area (Å²) in [5.41, 5.74) is 3.23. The van der Waals surface area contributed by atoms with Gasteiger partial charge in [-0.25, -0.2) is 0 Å². The predicted octanol–water partition coefficient (Wildman–Crippen LogP) is 3.56. The number of anilines is 1. The second kappa shape index (κ2) is 10.3. The van der Waals surface area contributed by atoms with E-state index in [2.05, 4.69) is 16.8 Å². The highest BCUT2D eigenvalue weighted by atomic mass is 35.5. The summed E-state index contributed by atoms with van der Waals surface area (Å²) >= 11 is 6.17. The number of allylic oxidation sites excluding steroid dienone is 1. The van der Waals surface area contributed by atoms with E-state index >= 15 is 0 Å². The Morgan fingerprint density at radius 1 is 0.967 bits per heavy atom. The molecule has 1 saturated heterocycles. The largest absolute Gasteiger partial charge is 0.388 e. The van der Waals surface area contributed by atoms with E-state index in [9.17, 15) is 9.59 Å². The van der Waals surface area contributed by atoms with Gasteiger partial charge in [0.2, 0.25) is 0 Å². The third-order valence-electron chi connectivity index (χ3n) is 5.05. The maximum atomic E-state index is 12.9. The van der Waals surface area contributed by atoms with Gasteiger partial charge in [0, 0.05) is 42.5 Å². The second-order valence-corrected chi connectivity index (χ2v) is 7.71. The fourth-order valence-corrected chi connectivity index (χ4v) is 3.42. The molecule has 1 aliphatic rings. The Hall–Kier alpha value is -2.73. The van der Waals surface area contributed by atoms with Crippen LogP contribution in [-0.2, 0) is 4.79 Å². The summed E-state index contributed by atoms with van der Waals surface area (Å²) in [5.74, 6) is -0.439. The Morgan fingerprint density at radius 3 is 2.17 bits per heavy atom. The minimum absolute atomic E-state index is 0.0936. The monoisotopic (exact) mass is 424 g/mol. The Bertz CT molecular complexity index is 959. The summed E-state index contributed by atoms with van der Waals surface area (Å²) < 4.78 is 0. The quantitative estimate of drug-likeness (QED) is 0.544. The number of carbonyl (C=O) groups is 2. The Morgan fingerprint density at radius 2 is 1.57 bits per heavy atom. The summed E-state index contributed by atoms with van der Waals surface area (Å²) in [6, 6.07) is 12.9. The van der Waals surface area contributed by atoms with Crippen LogP contribution in [0.4, 0.5) is 5.69 Å². The molecule has 3 rings (SSSR count). The maximum Gasteiger partial charge on any atom is 0.187 e. The lowest BCUT2D eigenvalue weighted by molar-refractivity contribution is -0.117. The van der Waals surface area contributed by atoms with Crippen LogP contribution in [0.1, 0.15) is 21.5 Å². The zero-order valence-electron chi connectivity index (χ0n) is 16.9. The van der Waals surface area contributed by atoms with E-state index in [-0.39, 0.29) is 11.6 Å².